The molecule has 27 heavy (non-hydrogen) atoms. The van der Waals surface area contributed by atoms with Crippen molar-refractivity contribution in [2.24, 2.45) is 5.92 Å². The van der Waals surface area contributed by atoms with Crippen molar-refractivity contribution >= 4 is 11.9 Å². The molecule has 0 heterocycles. The first-order valence-electron chi connectivity index (χ1n) is 10.5. The van der Waals surface area contributed by atoms with Gasteiger partial charge in [0.05, 0.1) is 23.8 Å². The summed E-state index contributed by atoms with van der Waals surface area (Å²) in [5.74, 6) is -0.264. The number of hydrogen-bond donors (Lipinski definition) is 0. The highest BCUT2D eigenvalue weighted by atomic mass is 16.5. The quantitative estimate of drug-likeness (QED) is 0.304. The Balaban J connectivity index is 2.49. The fourth-order valence-corrected chi connectivity index (χ4v) is 2.91. The molecular formula is C23H36O4. The zero-order valence-corrected chi connectivity index (χ0v) is 17.5. The van der Waals surface area contributed by atoms with Crippen LogP contribution in [0.1, 0.15) is 99.8 Å². The van der Waals surface area contributed by atoms with Crippen LogP contribution in [0.15, 0.2) is 24.3 Å². The first-order chi connectivity index (χ1) is 13.0. The van der Waals surface area contributed by atoms with Gasteiger partial charge in [-0.3, -0.25) is 0 Å². The Hall–Kier alpha value is -1.84. The van der Waals surface area contributed by atoms with Crippen molar-refractivity contribution in [1.29, 1.82) is 0 Å². The van der Waals surface area contributed by atoms with Crippen molar-refractivity contribution in [3.63, 3.8) is 0 Å². The fourth-order valence-electron chi connectivity index (χ4n) is 2.91. The third kappa shape index (κ3) is 9.07. The lowest BCUT2D eigenvalue weighted by atomic mass is 10.0. The maximum Gasteiger partial charge on any atom is 0.338 e. The van der Waals surface area contributed by atoms with E-state index in [0.29, 0.717) is 23.7 Å². The van der Waals surface area contributed by atoms with Gasteiger partial charge >= 0.3 is 11.9 Å². The smallest absolute Gasteiger partial charge is 0.338 e. The molecule has 0 aromatic heterocycles. The highest BCUT2D eigenvalue weighted by Gasteiger charge is 2.15. The van der Waals surface area contributed by atoms with Crippen LogP contribution in [-0.2, 0) is 9.47 Å². The van der Waals surface area contributed by atoms with Crippen molar-refractivity contribution in [3.8, 4) is 0 Å². The van der Waals surface area contributed by atoms with Crippen molar-refractivity contribution in [3.05, 3.63) is 35.4 Å². The van der Waals surface area contributed by atoms with E-state index >= 15 is 0 Å². The lowest BCUT2D eigenvalue weighted by Crippen LogP contribution is -2.16. The molecule has 0 aliphatic rings. The van der Waals surface area contributed by atoms with Gasteiger partial charge in [0.15, 0.2) is 0 Å². The molecule has 4 nitrogen and oxygen atoms in total. The summed E-state index contributed by atoms with van der Waals surface area (Å²) in [6, 6.07) is 6.53. The van der Waals surface area contributed by atoms with Gasteiger partial charge in [0, 0.05) is 0 Å². The summed E-state index contributed by atoms with van der Waals surface area (Å²) >= 11 is 0. The normalized spacial score (nSPS) is 13.0. The SMILES string of the molecule is CCCCCC(C)OC(=O)c1ccc(C(=O)OCC(CC)CCCC)cc1. The minimum Gasteiger partial charge on any atom is -0.462 e. The highest BCUT2D eigenvalue weighted by Crippen LogP contribution is 2.15. The molecule has 0 saturated heterocycles. The first kappa shape index (κ1) is 23.2. The maximum absolute atomic E-state index is 12.2. The Bertz CT molecular complexity index is 550. The van der Waals surface area contributed by atoms with Gasteiger partial charge in [-0.1, -0.05) is 52.9 Å². The minimum absolute atomic E-state index is 0.0946. The molecule has 0 spiro atoms. The number of carbonyl (C=O) groups is 2. The van der Waals surface area contributed by atoms with Gasteiger partial charge < -0.3 is 9.47 Å². The van der Waals surface area contributed by atoms with Crippen LogP contribution in [0.25, 0.3) is 0 Å². The molecule has 0 radical (unpaired) electrons. The zero-order chi connectivity index (χ0) is 20.1. The monoisotopic (exact) mass is 376 g/mol. The van der Waals surface area contributed by atoms with Crippen LogP contribution in [-0.4, -0.2) is 24.6 Å². The Morgan fingerprint density at radius 3 is 2.00 bits per heavy atom. The molecule has 1 aromatic carbocycles. The average Bonchev–Trinajstić information content (AvgIpc) is 2.68. The van der Waals surface area contributed by atoms with Crippen LogP contribution in [0, 0.1) is 5.92 Å². The van der Waals surface area contributed by atoms with Crippen LogP contribution >= 0.6 is 0 Å². The predicted molar refractivity (Wildman–Crippen MR) is 109 cm³/mol. The molecule has 152 valence electrons. The van der Waals surface area contributed by atoms with Gasteiger partial charge in [0.1, 0.15) is 0 Å². The number of rotatable bonds is 13. The minimum atomic E-state index is -0.343. The highest BCUT2D eigenvalue weighted by molar-refractivity contribution is 5.93. The molecule has 0 amide bonds. The van der Waals surface area contributed by atoms with E-state index in [-0.39, 0.29) is 18.0 Å². The van der Waals surface area contributed by atoms with Gasteiger partial charge in [-0.25, -0.2) is 9.59 Å². The van der Waals surface area contributed by atoms with Crippen molar-refractivity contribution in [2.45, 2.75) is 85.2 Å². The molecule has 0 saturated carbocycles. The Morgan fingerprint density at radius 1 is 0.852 bits per heavy atom. The number of ether oxygens (including phenoxy) is 2. The average molecular weight is 377 g/mol. The van der Waals surface area contributed by atoms with Crippen molar-refractivity contribution < 1.29 is 19.1 Å². The van der Waals surface area contributed by atoms with Gasteiger partial charge in [-0.15, -0.1) is 0 Å². The van der Waals surface area contributed by atoms with E-state index in [1.807, 2.05) is 6.92 Å². The lowest BCUT2D eigenvalue weighted by Gasteiger charge is -2.15. The second-order valence-corrected chi connectivity index (χ2v) is 7.30. The van der Waals surface area contributed by atoms with Gasteiger partial charge in [0.25, 0.3) is 0 Å². The van der Waals surface area contributed by atoms with Crippen molar-refractivity contribution in [1.82, 2.24) is 0 Å². The van der Waals surface area contributed by atoms with Crippen LogP contribution in [0.5, 0.6) is 0 Å². The summed E-state index contributed by atoms with van der Waals surface area (Å²) in [6.45, 7) is 8.81. The van der Waals surface area contributed by atoms with E-state index < -0.39 is 0 Å². The second kappa shape index (κ2) is 13.3. The Morgan fingerprint density at radius 2 is 1.44 bits per heavy atom. The number of hydrogen-bond acceptors (Lipinski definition) is 4. The van der Waals surface area contributed by atoms with E-state index in [0.717, 1.165) is 51.4 Å². The number of benzene rings is 1. The molecule has 0 bridgehead atoms. The zero-order valence-electron chi connectivity index (χ0n) is 17.5. The van der Waals surface area contributed by atoms with Gasteiger partial charge in [-0.2, -0.15) is 0 Å². The molecule has 0 N–H and O–H groups in total. The summed E-state index contributed by atoms with van der Waals surface area (Å²) in [5.41, 5.74) is 0.927. The molecule has 1 aromatic rings. The predicted octanol–water partition coefficient (Wildman–Crippen LogP) is 6.19. The summed E-state index contributed by atoms with van der Waals surface area (Å²) in [4.78, 5) is 24.4. The lowest BCUT2D eigenvalue weighted by molar-refractivity contribution is 0.0317. The molecule has 4 heteroatoms. The van der Waals surface area contributed by atoms with Crippen molar-refractivity contribution in [2.75, 3.05) is 6.61 Å². The van der Waals surface area contributed by atoms with Crippen LogP contribution in [0.2, 0.25) is 0 Å². The second-order valence-electron chi connectivity index (χ2n) is 7.30. The topological polar surface area (TPSA) is 52.6 Å². The van der Waals surface area contributed by atoms with E-state index in [9.17, 15) is 9.59 Å². The van der Waals surface area contributed by atoms with Crippen LogP contribution < -0.4 is 0 Å². The third-order valence-corrected chi connectivity index (χ3v) is 4.87. The summed E-state index contributed by atoms with van der Waals surface area (Å²) in [6.07, 6.45) is 8.54. The van der Waals surface area contributed by atoms with Crippen LogP contribution in [0.4, 0.5) is 0 Å². The Labute approximate surface area is 164 Å². The molecule has 0 fully saturated rings. The maximum atomic E-state index is 12.2. The fraction of sp³-hybridized carbons (Fsp3) is 0.652. The summed E-state index contributed by atoms with van der Waals surface area (Å²) < 4.78 is 10.9. The van der Waals surface area contributed by atoms with Crippen LogP contribution in [0.3, 0.4) is 0 Å². The van der Waals surface area contributed by atoms with E-state index in [2.05, 4.69) is 20.8 Å². The Kier molecular flexibility index (Phi) is 11.5. The molecule has 0 aliphatic carbocycles. The molecule has 0 aliphatic heterocycles. The number of carbonyl (C=O) groups excluding carboxylic acids is 2. The molecule has 2 atom stereocenters. The van der Waals surface area contributed by atoms with E-state index in [1.54, 1.807) is 24.3 Å². The molecule has 2 unspecified atom stereocenters. The number of unbranched alkanes of at least 4 members (excludes halogenated alkanes) is 3. The largest absolute Gasteiger partial charge is 0.462 e. The van der Waals surface area contributed by atoms with Gasteiger partial charge in [0.2, 0.25) is 0 Å². The van der Waals surface area contributed by atoms with Gasteiger partial charge in [-0.05, 0) is 56.4 Å². The standard InChI is InChI=1S/C23H36O4/c1-5-8-10-11-18(4)27-23(25)21-15-13-20(14-16-21)22(24)26-17-19(7-3)12-9-6-2/h13-16,18-19H,5-12,17H2,1-4H3. The number of esters is 2. The molecule has 1 rings (SSSR count). The van der Waals surface area contributed by atoms with E-state index in [1.165, 1.54) is 0 Å². The summed E-state index contributed by atoms with van der Waals surface area (Å²) in [7, 11) is 0. The van der Waals surface area contributed by atoms with E-state index in [4.69, 9.17) is 9.47 Å². The summed E-state index contributed by atoms with van der Waals surface area (Å²) in [5, 5.41) is 0. The first-order valence-corrected chi connectivity index (χ1v) is 10.5. The molecular weight excluding hydrogens is 340 g/mol. The third-order valence-electron chi connectivity index (χ3n) is 4.87.